The summed E-state index contributed by atoms with van der Waals surface area (Å²) in [5.41, 5.74) is 1.44. The van der Waals surface area contributed by atoms with E-state index >= 15 is 0 Å². The fourth-order valence-electron chi connectivity index (χ4n) is 2.38. The van der Waals surface area contributed by atoms with Gasteiger partial charge in [0.25, 0.3) is 0 Å². The van der Waals surface area contributed by atoms with Crippen LogP contribution in [-0.2, 0) is 4.79 Å². The van der Waals surface area contributed by atoms with Crippen molar-refractivity contribution in [3.63, 3.8) is 0 Å². The average molecular weight is 398 g/mol. The Hall–Kier alpha value is -3.40. The summed E-state index contributed by atoms with van der Waals surface area (Å²) >= 11 is 1.14. The molecule has 2 aromatic carbocycles. The topological polar surface area (TPSA) is 111 Å². The number of amides is 3. The number of carbonyl (C=O) groups excluding carboxylic acids is 2. The van der Waals surface area contributed by atoms with E-state index in [9.17, 15) is 9.59 Å². The molecule has 1 atom stereocenters. The minimum Gasteiger partial charge on any atom is -0.497 e. The summed E-state index contributed by atoms with van der Waals surface area (Å²) in [6.45, 7) is 0. The number of nitrogens with one attached hydrogen (secondary N) is 2. The molecule has 0 spiro atoms. The molecule has 0 saturated heterocycles. The quantitative estimate of drug-likeness (QED) is 0.611. The lowest BCUT2D eigenvalue weighted by atomic mass is 10.1. The van der Waals surface area contributed by atoms with Crippen molar-refractivity contribution in [1.82, 2.24) is 30.8 Å². The van der Waals surface area contributed by atoms with E-state index in [4.69, 9.17) is 4.74 Å². The van der Waals surface area contributed by atoms with Crippen LogP contribution in [0.2, 0.25) is 0 Å². The molecule has 28 heavy (non-hydrogen) atoms. The molecule has 1 heterocycles. The lowest BCUT2D eigenvalue weighted by Crippen LogP contribution is -2.39. The molecule has 3 rings (SSSR count). The number of methoxy groups -OCH3 is 1. The molecular formula is C18H18N6O3S. The first-order chi connectivity index (χ1) is 13.6. The van der Waals surface area contributed by atoms with Gasteiger partial charge in [-0.25, -0.2) is 4.79 Å². The van der Waals surface area contributed by atoms with Gasteiger partial charge in [-0.05, 0) is 40.3 Å². The minimum atomic E-state index is -0.721. The van der Waals surface area contributed by atoms with Crippen molar-refractivity contribution in [2.75, 3.05) is 14.2 Å². The number of nitrogens with zero attached hydrogens (tertiary/aromatic N) is 4. The van der Waals surface area contributed by atoms with Crippen LogP contribution in [0.25, 0.3) is 5.69 Å². The number of ether oxygens (including phenoxy) is 1. The highest BCUT2D eigenvalue weighted by atomic mass is 32.2. The van der Waals surface area contributed by atoms with E-state index in [1.165, 1.54) is 11.7 Å². The SMILES string of the molecule is CNC(=O)NC(=O)[C@H](Sc1nnnn1-c1ccc(OC)cc1)c1ccccc1. The standard InChI is InChI=1S/C18H18N6O3S/c1-19-17(26)20-16(25)15(12-6-4-3-5-7-12)28-18-21-22-23-24(18)13-8-10-14(27-2)11-9-13/h3-11,15H,1-2H3,(H2,19,20,25,26)/t15-/m1/s1. The third-order valence-corrected chi connectivity index (χ3v) is 4.97. The van der Waals surface area contributed by atoms with Gasteiger partial charge in [-0.2, -0.15) is 4.68 Å². The Morgan fingerprint density at radius 3 is 2.46 bits per heavy atom. The van der Waals surface area contributed by atoms with Crippen LogP contribution < -0.4 is 15.4 Å². The summed E-state index contributed by atoms with van der Waals surface area (Å²) in [4.78, 5) is 24.3. The molecule has 0 fully saturated rings. The van der Waals surface area contributed by atoms with Crippen molar-refractivity contribution in [1.29, 1.82) is 0 Å². The molecule has 3 amide bonds. The number of hydrogen-bond acceptors (Lipinski definition) is 7. The molecule has 10 heteroatoms. The number of tetrazole rings is 1. The molecule has 0 aliphatic rings. The third kappa shape index (κ3) is 4.46. The Balaban J connectivity index is 1.90. The molecular weight excluding hydrogens is 380 g/mol. The van der Waals surface area contributed by atoms with Crippen LogP contribution in [-0.4, -0.2) is 46.3 Å². The van der Waals surface area contributed by atoms with Crippen LogP contribution in [0, 0.1) is 0 Å². The number of aromatic nitrogens is 4. The molecule has 0 unspecified atom stereocenters. The number of urea groups is 1. The van der Waals surface area contributed by atoms with Crippen LogP contribution in [0.3, 0.4) is 0 Å². The molecule has 144 valence electrons. The number of benzene rings is 2. The molecule has 9 nitrogen and oxygen atoms in total. The summed E-state index contributed by atoms with van der Waals surface area (Å²) in [5, 5.41) is 16.1. The molecule has 1 aromatic heterocycles. The average Bonchev–Trinajstić information content (AvgIpc) is 3.20. The van der Waals surface area contributed by atoms with Gasteiger partial charge in [-0.15, -0.1) is 5.10 Å². The van der Waals surface area contributed by atoms with E-state index in [-0.39, 0.29) is 0 Å². The zero-order valence-corrected chi connectivity index (χ0v) is 16.0. The second-order valence-electron chi connectivity index (χ2n) is 5.55. The third-order valence-electron chi connectivity index (χ3n) is 3.79. The highest BCUT2D eigenvalue weighted by Gasteiger charge is 2.26. The number of thioether (sulfide) groups is 1. The fourth-order valence-corrected chi connectivity index (χ4v) is 3.38. The molecule has 0 radical (unpaired) electrons. The lowest BCUT2D eigenvalue weighted by Gasteiger charge is -2.15. The molecule has 0 saturated carbocycles. The van der Waals surface area contributed by atoms with Gasteiger partial charge < -0.3 is 10.1 Å². The van der Waals surface area contributed by atoms with Crippen LogP contribution in [0.1, 0.15) is 10.8 Å². The Morgan fingerprint density at radius 1 is 1.11 bits per heavy atom. The summed E-state index contributed by atoms with van der Waals surface area (Å²) in [6.07, 6.45) is 0. The highest BCUT2D eigenvalue weighted by molar-refractivity contribution is 8.00. The Bertz CT molecular complexity index is 945. The van der Waals surface area contributed by atoms with E-state index in [0.717, 1.165) is 17.3 Å². The van der Waals surface area contributed by atoms with Gasteiger partial charge >= 0.3 is 6.03 Å². The zero-order valence-electron chi connectivity index (χ0n) is 15.2. The summed E-state index contributed by atoms with van der Waals surface area (Å²) in [6, 6.07) is 15.7. The van der Waals surface area contributed by atoms with Gasteiger partial charge in [-0.3, -0.25) is 10.1 Å². The Labute approximate surface area is 165 Å². The Morgan fingerprint density at radius 2 is 1.82 bits per heavy atom. The highest BCUT2D eigenvalue weighted by Crippen LogP contribution is 2.35. The van der Waals surface area contributed by atoms with Crippen molar-refractivity contribution in [3.05, 3.63) is 60.2 Å². The van der Waals surface area contributed by atoms with Crippen molar-refractivity contribution in [2.24, 2.45) is 0 Å². The first-order valence-electron chi connectivity index (χ1n) is 8.29. The monoisotopic (exact) mass is 398 g/mol. The molecule has 0 aliphatic heterocycles. The first kappa shape index (κ1) is 19.4. The molecule has 0 aliphatic carbocycles. The van der Waals surface area contributed by atoms with Crippen molar-refractivity contribution in [3.8, 4) is 11.4 Å². The second-order valence-corrected chi connectivity index (χ2v) is 6.62. The van der Waals surface area contributed by atoms with Gasteiger partial charge in [0.2, 0.25) is 11.1 Å². The number of carbonyl (C=O) groups is 2. The van der Waals surface area contributed by atoms with E-state index in [0.29, 0.717) is 16.6 Å². The lowest BCUT2D eigenvalue weighted by molar-refractivity contribution is -0.119. The summed E-state index contributed by atoms with van der Waals surface area (Å²) in [5.74, 6) is 0.234. The molecule has 2 N–H and O–H groups in total. The van der Waals surface area contributed by atoms with Gasteiger partial charge in [-0.1, -0.05) is 42.1 Å². The van der Waals surface area contributed by atoms with E-state index in [1.807, 2.05) is 30.3 Å². The smallest absolute Gasteiger partial charge is 0.321 e. The molecule has 3 aromatic rings. The number of hydrogen-bond donors (Lipinski definition) is 2. The van der Waals surface area contributed by atoms with Gasteiger partial charge in [0, 0.05) is 7.05 Å². The first-order valence-corrected chi connectivity index (χ1v) is 9.17. The largest absolute Gasteiger partial charge is 0.497 e. The van der Waals surface area contributed by atoms with Crippen LogP contribution in [0.15, 0.2) is 59.8 Å². The summed E-state index contributed by atoms with van der Waals surface area (Å²) in [7, 11) is 3.03. The van der Waals surface area contributed by atoms with Crippen molar-refractivity contribution >= 4 is 23.7 Å². The molecule has 0 bridgehead atoms. The normalized spacial score (nSPS) is 11.5. The van der Waals surface area contributed by atoms with E-state index in [1.54, 1.807) is 31.4 Å². The van der Waals surface area contributed by atoms with E-state index < -0.39 is 17.2 Å². The Kier molecular flexibility index (Phi) is 6.22. The second kappa shape index (κ2) is 9.00. The maximum Gasteiger partial charge on any atom is 0.321 e. The maximum absolute atomic E-state index is 12.7. The van der Waals surface area contributed by atoms with Crippen molar-refractivity contribution < 1.29 is 14.3 Å². The number of rotatable bonds is 6. The van der Waals surface area contributed by atoms with Gasteiger partial charge in [0.05, 0.1) is 12.8 Å². The van der Waals surface area contributed by atoms with Crippen LogP contribution in [0.5, 0.6) is 5.75 Å². The predicted octanol–water partition coefficient (Wildman–Crippen LogP) is 1.96. The predicted molar refractivity (Wildman–Crippen MR) is 103 cm³/mol. The zero-order chi connectivity index (χ0) is 19.9. The number of imide groups is 1. The van der Waals surface area contributed by atoms with Crippen molar-refractivity contribution in [2.45, 2.75) is 10.4 Å². The van der Waals surface area contributed by atoms with Crippen LogP contribution >= 0.6 is 11.8 Å². The van der Waals surface area contributed by atoms with E-state index in [2.05, 4.69) is 26.2 Å². The summed E-state index contributed by atoms with van der Waals surface area (Å²) < 4.78 is 6.68. The van der Waals surface area contributed by atoms with Crippen LogP contribution in [0.4, 0.5) is 4.79 Å². The van der Waals surface area contributed by atoms with Gasteiger partial charge in [0.1, 0.15) is 11.0 Å². The maximum atomic E-state index is 12.7. The van der Waals surface area contributed by atoms with Gasteiger partial charge in [0.15, 0.2) is 0 Å². The fraction of sp³-hybridized carbons (Fsp3) is 0.167. The minimum absolute atomic E-state index is 0.408.